The molecule has 192 valence electrons. The van der Waals surface area contributed by atoms with Crippen LogP contribution < -0.4 is 11.1 Å². The molecule has 0 bridgehead atoms. The second-order valence-corrected chi connectivity index (χ2v) is 9.95. The molecule has 38 heavy (non-hydrogen) atoms. The van der Waals surface area contributed by atoms with E-state index >= 15 is 0 Å². The second kappa shape index (κ2) is 10.7. The fourth-order valence-corrected chi connectivity index (χ4v) is 5.45. The Balaban J connectivity index is 1.73. The molecular weight excluding hydrogens is 470 g/mol. The van der Waals surface area contributed by atoms with Crippen molar-refractivity contribution in [1.29, 1.82) is 0 Å². The fourth-order valence-electron chi connectivity index (χ4n) is 5.45. The van der Waals surface area contributed by atoms with E-state index in [-0.39, 0.29) is 0 Å². The molecule has 0 aliphatic heterocycles. The van der Waals surface area contributed by atoms with Crippen molar-refractivity contribution in [3.63, 3.8) is 0 Å². The lowest BCUT2D eigenvalue weighted by atomic mass is 9.73. The molecule has 5 nitrogen and oxygen atoms in total. The van der Waals surface area contributed by atoms with Crippen LogP contribution in [0.3, 0.4) is 0 Å². The van der Waals surface area contributed by atoms with E-state index in [9.17, 15) is 4.79 Å². The van der Waals surface area contributed by atoms with Gasteiger partial charge in [-0.1, -0.05) is 109 Å². The van der Waals surface area contributed by atoms with Crippen molar-refractivity contribution >= 4 is 16.9 Å². The summed E-state index contributed by atoms with van der Waals surface area (Å²) in [5, 5.41) is 5.06. The maximum atomic E-state index is 13.0. The Morgan fingerprint density at radius 1 is 0.816 bits per heavy atom. The topological polar surface area (TPSA) is 80.1 Å². The first-order valence-electron chi connectivity index (χ1n) is 12.8. The van der Waals surface area contributed by atoms with E-state index in [0.717, 1.165) is 33.3 Å². The number of H-pyrrole nitrogens is 1. The number of methoxy groups -OCH3 is 1. The van der Waals surface area contributed by atoms with Gasteiger partial charge in [-0.2, -0.15) is 0 Å². The molecule has 0 fully saturated rings. The molecule has 0 saturated carbocycles. The molecule has 1 unspecified atom stereocenters. The zero-order valence-electron chi connectivity index (χ0n) is 21.7. The molecule has 0 aliphatic carbocycles. The number of nitrogens with one attached hydrogen (secondary N) is 2. The Morgan fingerprint density at radius 3 is 1.76 bits per heavy atom. The van der Waals surface area contributed by atoms with Gasteiger partial charge in [0.2, 0.25) is 0 Å². The van der Waals surface area contributed by atoms with Gasteiger partial charge in [0.25, 0.3) is 0 Å². The highest BCUT2D eigenvalue weighted by Crippen LogP contribution is 2.40. The number of carbonyl (C=O) groups excluding carboxylic acids is 1. The van der Waals surface area contributed by atoms with Gasteiger partial charge in [-0.05, 0) is 41.1 Å². The molecule has 2 atom stereocenters. The maximum Gasteiger partial charge on any atom is 0.324 e. The van der Waals surface area contributed by atoms with Crippen molar-refractivity contribution < 1.29 is 9.53 Å². The number of hydrogen-bond donors (Lipinski definition) is 3. The molecule has 4 N–H and O–H groups in total. The number of hydrogen-bond acceptors (Lipinski definition) is 4. The van der Waals surface area contributed by atoms with Gasteiger partial charge in [0.15, 0.2) is 0 Å². The predicted molar refractivity (Wildman–Crippen MR) is 153 cm³/mol. The van der Waals surface area contributed by atoms with Crippen LogP contribution in [0, 0.1) is 0 Å². The first-order chi connectivity index (χ1) is 18.5. The molecule has 0 aliphatic rings. The summed E-state index contributed by atoms with van der Waals surface area (Å²) in [6, 6.07) is 40.2. The summed E-state index contributed by atoms with van der Waals surface area (Å²) >= 11 is 0. The minimum atomic E-state index is -0.950. The molecule has 5 rings (SSSR count). The van der Waals surface area contributed by atoms with Gasteiger partial charge in [-0.3, -0.25) is 10.1 Å². The van der Waals surface area contributed by atoms with E-state index in [0.29, 0.717) is 6.42 Å². The molecule has 0 amide bonds. The van der Waals surface area contributed by atoms with Crippen molar-refractivity contribution in [3.05, 3.63) is 144 Å². The van der Waals surface area contributed by atoms with Gasteiger partial charge in [-0.15, -0.1) is 0 Å². The van der Waals surface area contributed by atoms with Gasteiger partial charge < -0.3 is 15.5 Å². The first kappa shape index (κ1) is 25.5. The minimum Gasteiger partial charge on any atom is -0.468 e. The normalized spacial score (nSPS) is 14.1. The Morgan fingerprint density at radius 2 is 1.29 bits per heavy atom. The van der Waals surface area contributed by atoms with Crippen LogP contribution in [0.4, 0.5) is 0 Å². The number of nitrogens with two attached hydrogens (primary N) is 1. The lowest BCUT2D eigenvalue weighted by Crippen LogP contribution is -2.67. The van der Waals surface area contributed by atoms with Crippen LogP contribution in [-0.4, -0.2) is 29.6 Å². The number of esters is 1. The summed E-state index contributed by atoms with van der Waals surface area (Å²) in [5.41, 5.74) is 10.1. The molecule has 5 heteroatoms. The highest BCUT2D eigenvalue weighted by atomic mass is 16.5. The average molecular weight is 504 g/mol. The number of aromatic amines is 1. The third-order valence-corrected chi connectivity index (χ3v) is 7.38. The third-order valence-electron chi connectivity index (χ3n) is 7.38. The lowest BCUT2D eigenvalue weighted by Gasteiger charge is -2.46. The zero-order valence-corrected chi connectivity index (χ0v) is 21.7. The van der Waals surface area contributed by atoms with Gasteiger partial charge in [0.05, 0.1) is 12.6 Å². The molecule has 0 spiro atoms. The van der Waals surface area contributed by atoms with E-state index < -0.39 is 23.1 Å². The highest BCUT2D eigenvalue weighted by Gasteiger charge is 2.47. The van der Waals surface area contributed by atoms with Crippen LogP contribution >= 0.6 is 0 Å². The monoisotopic (exact) mass is 503 g/mol. The number of ether oxygens (including phenoxy) is 1. The summed E-state index contributed by atoms with van der Waals surface area (Å²) in [6.45, 7) is 2.00. The molecule has 0 radical (unpaired) electrons. The van der Waals surface area contributed by atoms with E-state index in [4.69, 9.17) is 10.5 Å². The lowest BCUT2D eigenvalue weighted by molar-refractivity contribution is -0.144. The zero-order chi connectivity index (χ0) is 26.6. The van der Waals surface area contributed by atoms with E-state index in [1.54, 1.807) is 0 Å². The van der Waals surface area contributed by atoms with Crippen LogP contribution in [0.15, 0.2) is 121 Å². The third kappa shape index (κ3) is 4.74. The average Bonchev–Trinajstić information content (AvgIpc) is 3.38. The Hall–Kier alpha value is -4.19. The smallest absolute Gasteiger partial charge is 0.324 e. The van der Waals surface area contributed by atoms with Crippen LogP contribution in [0.5, 0.6) is 0 Å². The van der Waals surface area contributed by atoms with Crippen LogP contribution in [0.1, 0.15) is 29.3 Å². The first-order valence-corrected chi connectivity index (χ1v) is 12.8. The summed E-state index contributed by atoms with van der Waals surface area (Å²) in [6.07, 6.45) is 0.464. The van der Waals surface area contributed by atoms with Crippen molar-refractivity contribution in [2.24, 2.45) is 5.73 Å². The summed E-state index contributed by atoms with van der Waals surface area (Å²) in [5.74, 6) is -0.473. The number of fused-ring (bicyclic) bond motifs is 1. The van der Waals surface area contributed by atoms with Crippen LogP contribution in [0.2, 0.25) is 0 Å². The highest BCUT2D eigenvalue weighted by molar-refractivity contribution is 5.81. The summed E-state index contributed by atoms with van der Waals surface area (Å²) in [4.78, 5) is 16.5. The Bertz CT molecular complexity index is 1370. The second-order valence-electron chi connectivity index (χ2n) is 9.95. The van der Waals surface area contributed by atoms with Crippen LogP contribution in [-0.2, 0) is 21.5 Å². The quantitative estimate of drug-likeness (QED) is 0.182. The van der Waals surface area contributed by atoms with Gasteiger partial charge >= 0.3 is 5.97 Å². The minimum absolute atomic E-state index is 0.464. The molecular formula is C33H33N3O2. The number of aromatic nitrogens is 1. The summed E-state index contributed by atoms with van der Waals surface area (Å²) in [7, 11) is 1.38. The Labute approximate surface area is 223 Å². The van der Waals surface area contributed by atoms with E-state index in [2.05, 4.69) is 58.8 Å². The number of para-hydroxylation sites is 1. The molecule has 5 aromatic rings. The standard InChI is InChI=1S/C33H33N3O2/c1-32(30(34)31(37)38-2,23-28-22-24-14-12-13-21-29(24)35-28)36-33(25-15-6-3-7-16-25,26-17-8-4-9-18-26)27-19-10-5-11-20-27/h3-22,30,35-36H,23,34H2,1-2H3/t30?,32-/m0/s1. The van der Waals surface area contributed by atoms with Crippen molar-refractivity contribution in [2.75, 3.05) is 7.11 Å². The van der Waals surface area contributed by atoms with Crippen molar-refractivity contribution in [2.45, 2.75) is 30.5 Å². The van der Waals surface area contributed by atoms with Gasteiger partial charge in [-0.25, -0.2) is 0 Å². The fraction of sp³-hybridized carbons (Fsp3) is 0.182. The number of benzene rings is 4. The number of carbonyl (C=O) groups is 1. The largest absolute Gasteiger partial charge is 0.468 e. The molecule has 4 aromatic carbocycles. The van der Waals surface area contributed by atoms with E-state index in [1.807, 2.05) is 79.7 Å². The molecule has 1 aromatic heterocycles. The predicted octanol–water partition coefficient (Wildman–Crippen LogP) is 5.55. The van der Waals surface area contributed by atoms with E-state index in [1.165, 1.54) is 7.11 Å². The van der Waals surface area contributed by atoms with Gasteiger partial charge in [0.1, 0.15) is 6.04 Å². The molecule has 0 saturated heterocycles. The SMILES string of the molecule is COC(=O)C(N)[C@](C)(Cc1cc2ccccc2[nH]1)NC(c1ccccc1)(c1ccccc1)c1ccccc1. The van der Waals surface area contributed by atoms with Crippen molar-refractivity contribution in [3.8, 4) is 0 Å². The maximum absolute atomic E-state index is 13.0. The van der Waals surface area contributed by atoms with Crippen LogP contribution in [0.25, 0.3) is 10.9 Å². The number of rotatable bonds is 9. The van der Waals surface area contributed by atoms with Gasteiger partial charge in [0, 0.05) is 23.2 Å². The Kier molecular flexibility index (Phi) is 7.14. The summed E-state index contributed by atoms with van der Waals surface area (Å²) < 4.78 is 5.17. The molecule has 1 heterocycles. The van der Waals surface area contributed by atoms with Crippen molar-refractivity contribution in [1.82, 2.24) is 10.3 Å².